The van der Waals surface area contributed by atoms with Crippen LogP contribution in [0.1, 0.15) is 36.0 Å². The predicted octanol–water partition coefficient (Wildman–Crippen LogP) is 3.95. The Morgan fingerprint density at radius 3 is 2.96 bits per heavy atom. The Morgan fingerprint density at radius 2 is 2.16 bits per heavy atom. The molecule has 1 spiro atoms. The van der Waals surface area contributed by atoms with E-state index in [9.17, 15) is 4.79 Å². The third kappa shape index (κ3) is 3.09. The summed E-state index contributed by atoms with van der Waals surface area (Å²) in [5.41, 5.74) is 0.811. The average molecular weight is 359 g/mol. The number of hydrogen-bond acceptors (Lipinski definition) is 4. The molecule has 2 aliphatic heterocycles. The smallest absolute Gasteiger partial charge is 0.255 e. The molecule has 1 amide bonds. The topological polar surface area (TPSA) is 38.8 Å². The highest BCUT2D eigenvalue weighted by Gasteiger charge is 2.46. The summed E-state index contributed by atoms with van der Waals surface area (Å²) >= 11 is 1.65. The Morgan fingerprint density at radius 1 is 1.36 bits per heavy atom. The van der Waals surface area contributed by atoms with E-state index in [2.05, 4.69) is 6.07 Å². The molecule has 25 heavy (non-hydrogen) atoms. The van der Waals surface area contributed by atoms with Crippen LogP contribution in [0.15, 0.2) is 29.6 Å². The van der Waals surface area contributed by atoms with Crippen molar-refractivity contribution in [1.29, 1.82) is 0 Å². The maximum absolute atomic E-state index is 13.0. The molecular weight excluding hydrogens is 334 g/mol. The molecule has 2 aliphatic rings. The summed E-state index contributed by atoms with van der Waals surface area (Å²) in [6.07, 6.45) is 4.05. The van der Waals surface area contributed by atoms with Crippen LogP contribution in [0, 0.1) is 5.92 Å². The van der Waals surface area contributed by atoms with E-state index in [0.717, 1.165) is 62.9 Å². The third-order valence-electron chi connectivity index (χ3n) is 5.88. The Balaban J connectivity index is 1.45. The molecule has 0 aliphatic carbocycles. The van der Waals surface area contributed by atoms with Gasteiger partial charge in [0.05, 0.1) is 11.2 Å². The highest BCUT2D eigenvalue weighted by molar-refractivity contribution is 7.17. The van der Waals surface area contributed by atoms with Crippen LogP contribution in [-0.4, -0.2) is 49.8 Å². The summed E-state index contributed by atoms with van der Waals surface area (Å²) in [6.45, 7) is 3.20. The van der Waals surface area contributed by atoms with Crippen molar-refractivity contribution in [3.8, 4) is 0 Å². The van der Waals surface area contributed by atoms with Crippen LogP contribution in [0.3, 0.4) is 0 Å². The van der Waals surface area contributed by atoms with E-state index in [1.165, 1.54) is 4.70 Å². The number of carbonyl (C=O) groups is 1. The van der Waals surface area contributed by atoms with Gasteiger partial charge in [-0.3, -0.25) is 4.79 Å². The van der Waals surface area contributed by atoms with Crippen molar-refractivity contribution in [2.24, 2.45) is 5.92 Å². The van der Waals surface area contributed by atoms with Crippen LogP contribution in [0.2, 0.25) is 0 Å². The molecule has 0 unspecified atom stereocenters. The standard InChI is InChI=1S/C20H25NO3S/c1-23-12-6-15-7-13-24-20(15)8-10-21(11-9-20)19(22)17-14-25-18-5-3-2-4-16(17)18/h2-5,14-15H,6-13H2,1H3/t15-/m1/s1. The Bertz CT molecular complexity index is 748. The first-order chi connectivity index (χ1) is 12.2. The first-order valence-electron chi connectivity index (χ1n) is 9.12. The van der Waals surface area contributed by atoms with Gasteiger partial charge in [0.25, 0.3) is 5.91 Å². The Hall–Kier alpha value is -1.43. The minimum Gasteiger partial charge on any atom is -0.385 e. The van der Waals surface area contributed by atoms with E-state index in [1.807, 2.05) is 28.5 Å². The third-order valence-corrected chi connectivity index (χ3v) is 6.84. The van der Waals surface area contributed by atoms with Gasteiger partial charge in [0.15, 0.2) is 0 Å². The van der Waals surface area contributed by atoms with E-state index < -0.39 is 0 Å². The van der Waals surface area contributed by atoms with E-state index in [0.29, 0.717) is 5.92 Å². The SMILES string of the molecule is COCC[C@@H]1CCOC12CCN(C(=O)c1csc3ccccc13)CC2. The molecular formula is C20H25NO3S. The van der Waals surface area contributed by atoms with Crippen LogP contribution in [-0.2, 0) is 9.47 Å². The normalized spacial score (nSPS) is 22.8. The number of rotatable bonds is 4. The molecule has 4 nitrogen and oxygen atoms in total. The lowest BCUT2D eigenvalue weighted by atomic mass is 9.78. The second-order valence-corrected chi connectivity index (χ2v) is 8.03. The zero-order valence-electron chi connectivity index (χ0n) is 14.7. The maximum Gasteiger partial charge on any atom is 0.255 e. The van der Waals surface area contributed by atoms with Gasteiger partial charge in [-0.25, -0.2) is 0 Å². The van der Waals surface area contributed by atoms with Gasteiger partial charge in [0.1, 0.15) is 0 Å². The fraction of sp³-hybridized carbons (Fsp3) is 0.550. The molecule has 2 fully saturated rings. The number of methoxy groups -OCH3 is 1. The molecule has 1 atom stereocenters. The summed E-state index contributed by atoms with van der Waals surface area (Å²) in [5, 5.41) is 3.08. The number of fused-ring (bicyclic) bond motifs is 1. The van der Waals surface area contributed by atoms with Gasteiger partial charge in [-0.2, -0.15) is 0 Å². The van der Waals surface area contributed by atoms with E-state index >= 15 is 0 Å². The van der Waals surface area contributed by atoms with Crippen LogP contribution in [0.25, 0.3) is 10.1 Å². The molecule has 0 saturated carbocycles. The fourth-order valence-electron chi connectivity index (χ4n) is 4.41. The molecule has 1 aromatic carbocycles. The molecule has 2 aromatic rings. The van der Waals surface area contributed by atoms with Gasteiger partial charge in [-0.1, -0.05) is 18.2 Å². The quantitative estimate of drug-likeness (QED) is 0.830. The highest BCUT2D eigenvalue weighted by atomic mass is 32.1. The summed E-state index contributed by atoms with van der Waals surface area (Å²) in [6, 6.07) is 8.15. The molecule has 4 rings (SSSR count). The number of ether oxygens (including phenoxy) is 2. The number of carbonyl (C=O) groups excluding carboxylic acids is 1. The first kappa shape index (κ1) is 17.0. The first-order valence-corrected chi connectivity index (χ1v) is 10.00. The van der Waals surface area contributed by atoms with Gasteiger partial charge in [0.2, 0.25) is 0 Å². The summed E-state index contributed by atoms with van der Waals surface area (Å²) in [4.78, 5) is 15.0. The number of thiophene rings is 1. The molecule has 134 valence electrons. The summed E-state index contributed by atoms with van der Waals surface area (Å²) < 4.78 is 12.6. The van der Waals surface area contributed by atoms with E-state index in [1.54, 1.807) is 18.4 Å². The number of benzene rings is 1. The number of nitrogens with zero attached hydrogens (tertiary/aromatic N) is 1. The van der Waals surface area contributed by atoms with Crippen LogP contribution in [0.5, 0.6) is 0 Å². The molecule has 3 heterocycles. The molecule has 0 N–H and O–H groups in total. The molecule has 0 radical (unpaired) electrons. The van der Waals surface area contributed by atoms with Crippen molar-refractivity contribution in [2.75, 3.05) is 33.4 Å². The average Bonchev–Trinajstić information content (AvgIpc) is 3.24. The van der Waals surface area contributed by atoms with Gasteiger partial charge >= 0.3 is 0 Å². The van der Waals surface area contributed by atoms with E-state index in [4.69, 9.17) is 9.47 Å². The zero-order valence-corrected chi connectivity index (χ0v) is 15.5. The predicted molar refractivity (Wildman–Crippen MR) is 100 cm³/mol. The van der Waals surface area contributed by atoms with Crippen LogP contribution >= 0.6 is 11.3 Å². The van der Waals surface area contributed by atoms with Gasteiger partial charge in [0, 0.05) is 48.9 Å². The molecule has 5 heteroatoms. The Kier molecular flexibility index (Phi) is 4.80. The van der Waals surface area contributed by atoms with Gasteiger partial charge in [-0.15, -0.1) is 11.3 Å². The lowest BCUT2D eigenvalue weighted by molar-refractivity contribution is -0.0661. The van der Waals surface area contributed by atoms with Crippen LogP contribution < -0.4 is 0 Å². The molecule has 0 bridgehead atoms. The van der Waals surface area contributed by atoms with Crippen molar-refractivity contribution < 1.29 is 14.3 Å². The van der Waals surface area contributed by atoms with Crippen molar-refractivity contribution in [3.05, 3.63) is 35.2 Å². The summed E-state index contributed by atoms with van der Waals surface area (Å²) in [5.74, 6) is 0.727. The zero-order chi connectivity index (χ0) is 17.3. The number of piperidine rings is 1. The minimum atomic E-state index is -0.0357. The molecule has 1 aromatic heterocycles. The number of hydrogen-bond donors (Lipinski definition) is 0. The summed E-state index contributed by atoms with van der Waals surface area (Å²) in [7, 11) is 1.76. The van der Waals surface area contributed by atoms with Gasteiger partial charge in [-0.05, 0) is 37.7 Å². The fourth-order valence-corrected chi connectivity index (χ4v) is 5.34. The van der Waals surface area contributed by atoms with Gasteiger partial charge < -0.3 is 14.4 Å². The molecule has 2 saturated heterocycles. The minimum absolute atomic E-state index is 0.0357. The van der Waals surface area contributed by atoms with Crippen LogP contribution in [0.4, 0.5) is 0 Å². The largest absolute Gasteiger partial charge is 0.385 e. The lowest BCUT2D eigenvalue weighted by Crippen LogP contribution is -2.49. The van der Waals surface area contributed by atoms with Crippen molar-refractivity contribution in [3.63, 3.8) is 0 Å². The monoisotopic (exact) mass is 359 g/mol. The Labute approximate surface area is 152 Å². The lowest BCUT2D eigenvalue weighted by Gasteiger charge is -2.42. The highest BCUT2D eigenvalue weighted by Crippen LogP contribution is 2.42. The van der Waals surface area contributed by atoms with E-state index in [-0.39, 0.29) is 11.5 Å². The van der Waals surface area contributed by atoms with Crippen molar-refractivity contribution in [2.45, 2.75) is 31.3 Å². The second kappa shape index (κ2) is 7.06. The number of amides is 1. The maximum atomic E-state index is 13.0. The second-order valence-electron chi connectivity index (χ2n) is 7.12. The number of likely N-dealkylation sites (tertiary alicyclic amines) is 1. The van der Waals surface area contributed by atoms with Crippen molar-refractivity contribution in [1.82, 2.24) is 4.90 Å². The van der Waals surface area contributed by atoms with Crippen molar-refractivity contribution >= 4 is 27.3 Å².